The van der Waals surface area contributed by atoms with Crippen LogP contribution in [0.3, 0.4) is 0 Å². The lowest BCUT2D eigenvalue weighted by Gasteiger charge is -2.17. The van der Waals surface area contributed by atoms with Gasteiger partial charge in [0.25, 0.3) is 0 Å². The maximum absolute atomic E-state index is 12.0. The van der Waals surface area contributed by atoms with Gasteiger partial charge in [0.15, 0.2) is 0 Å². The number of ether oxygens (including phenoxy) is 1. The monoisotopic (exact) mass is 297 g/mol. The normalized spacial score (nSPS) is 26.6. The van der Waals surface area contributed by atoms with Crippen LogP contribution in [0, 0.1) is 11.8 Å². The Hall–Kier alpha value is -1.18. The van der Waals surface area contributed by atoms with Gasteiger partial charge in [-0.15, -0.1) is 0 Å². The molecule has 2 aliphatic rings. The highest BCUT2D eigenvalue weighted by atomic mass is 32.2. The summed E-state index contributed by atoms with van der Waals surface area (Å²) in [4.78, 5) is 6.12. The number of nitrogens with one attached hydrogen (secondary N) is 1. The van der Waals surface area contributed by atoms with Gasteiger partial charge in [-0.2, -0.15) is 0 Å². The summed E-state index contributed by atoms with van der Waals surface area (Å²) in [6.07, 6.45) is 3.12. The number of fused-ring (bicyclic) bond motifs is 1. The average Bonchev–Trinajstić information content (AvgIpc) is 2.98. The number of aromatic nitrogens is 1. The molecular weight excluding hydrogens is 278 g/mol. The fourth-order valence-electron chi connectivity index (χ4n) is 2.87. The molecular formula is C13H19N3O3S. The number of likely N-dealkylation sites (tertiary alicyclic amines) is 1. The number of rotatable bonds is 5. The number of pyridine rings is 1. The van der Waals surface area contributed by atoms with E-state index in [0.29, 0.717) is 24.1 Å². The van der Waals surface area contributed by atoms with Gasteiger partial charge in [0.2, 0.25) is 10.0 Å². The second-order valence-corrected chi connectivity index (χ2v) is 7.32. The lowest BCUT2D eigenvalue weighted by atomic mass is 10.0. The molecule has 0 saturated carbocycles. The molecule has 1 aromatic heterocycles. The van der Waals surface area contributed by atoms with E-state index in [1.807, 2.05) is 0 Å². The minimum absolute atomic E-state index is 0.113. The summed E-state index contributed by atoms with van der Waals surface area (Å²) in [6.45, 7) is 4.12. The Balaban J connectivity index is 1.50. The summed E-state index contributed by atoms with van der Waals surface area (Å²) in [6, 6.07) is 3.40. The van der Waals surface area contributed by atoms with E-state index < -0.39 is 10.0 Å². The van der Waals surface area contributed by atoms with Crippen molar-refractivity contribution < 1.29 is 13.2 Å². The van der Waals surface area contributed by atoms with Crippen LogP contribution in [-0.2, 0) is 14.8 Å². The largest absolute Gasteiger partial charge is 0.381 e. The molecule has 2 atom stereocenters. The Labute approximate surface area is 119 Å². The smallest absolute Gasteiger partial charge is 0.234 e. The van der Waals surface area contributed by atoms with E-state index in [2.05, 4.69) is 14.6 Å². The molecule has 2 unspecified atom stereocenters. The van der Waals surface area contributed by atoms with Crippen LogP contribution in [0.4, 0.5) is 5.69 Å². The fraction of sp³-hybridized carbons (Fsp3) is 0.615. The zero-order valence-corrected chi connectivity index (χ0v) is 12.1. The highest BCUT2D eigenvalue weighted by molar-refractivity contribution is 7.92. The van der Waals surface area contributed by atoms with Crippen molar-refractivity contribution in [2.24, 2.45) is 11.8 Å². The first-order chi connectivity index (χ1) is 9.62. The van der Waals surface area contributed by atoms with Crippen molar-refractivity contribution in [3.8, 4) is 0 Å². The van der Waals surface area contributed by atoms with Crippen LogP contribution in [0.15, 0.2) is 24.5 Å². The summed E-state index contributed by atoms with van der Waals surface area (Å²) in [5.74, 6) is 1.29. The molecule has 0 aliphatic carbocycles. The first-order valence-electron chi connectivity index (χ1n) is 6.83. The molecule has 3 rings (SSSR count). The maximum Gasteiger partial charge on any atom is 0.234 e. The predicted molar refractivity (Wildman–Crippen MR) is 75.9 cm³/mol. The van der Waals surface area contributed by atoms with Gasteiger partial charge in [-0.05, 0) is 12.1 Å². The van der Waals surface area contributed by atoms with Crippen LogP contribution >= 0.6 is 0 Å². The Morgan fingerprint density at radius 2 is 2.10 bits per heavy atom. The number of hydrogen-bond acceptors (Lipinski definition) is 5. The van der Waals surface area contributed by atoms with Gasteiger partial charge < -0.3 is 9.64 Å². The van der Waals surface area contributed by atoms with Crippen molar-refractivity contribution in [1.29, 1.82) is 0 Å². The molecule has 0 radical (unpaired) electrons. The van der Waals surface area contributed by atoms with Crippen molar-refractivity contribution in [3.05, 3.63) is 24.5 Å². The van der Waals surface area contributed by atoms with Gasteiger partial charge in [0, 0.05) is 37.7 Å². The maximum atomic E-state index is 12.0. The molecule has 110 valence electrons. The Morgan fingerprint density at radius 1 is 1.35 bits per heavy atom. The lowest BCUT2D eigenvalue weighted by molar-refractivity contribution is 0.156. The van der Waals surface area contributed by atoms with Crippen molar-refractivity contribution in [2.45, 2.75) is 0 Å². The highest BCUT2D eigenvalue weighted by Crippen LogP contribution is 2.28. The molecule has 0 aromatic carbocycles. The van der Waals surface area contributed by atoms with E-state index in [1.165, 1.54) is 6.20 Å². The van der Waals surface area contributed by atoms with E-state index in [0.717, 1.165) is 26.3 Å². The zero-order valence-electron chi connectivity index (χ0n) is 11.2. The minimum atomic E-state index is -3.31. The van der Waals surface area contributed by atoms with Crippen LogP contribution in [0.5, 0.6) is 0 Å². The molecule has 2 saturated heterocycles. The molecule has 0 amide bonds. The minimum Gasteiger partial charge on any atom is -0.381 e. The summed E-state index contributed by atoms with van der Waals surface area (Å²) < 4.78 is 32.0. The van der Waals surface area contributed by atoms with Crippen molar-refractivity contribution >= 4 is 15.7 Å². The van der Waals surface area contributed by atoms with Crippen molar-refractivity contribution in [1.82, 2.24) is 9.88 Å². The van der Waals surface area contributed by atoms with Crippen LogP contribution in [-0.4, -0.2) is 56.9 Å². The second kappa shape index (κ2) is 5.67. The summed E-state index contributed by atoms with van der Waals surface area (Å²) >= 11 is 0. The molecule has 0 spiro atoms. The van der Waals surface area contributed by atoms with Crippen LogP contribution in [0.2, 0.25) is 0 Å². The average molecular weight is 297 g/mol. The molecule has 6 nitrogen and oxygen atoms in total. The topological polar surface area (TPSA) is 71.5 Å². The summed E-state index contributed by atoms with van der Waals surface area (Å²) in [5.41, 5.74) is 0.513. The third-order valence-corrected chi connectivity index (χ3v) is 5.19. The van der Waals surface area contributed by atoms with E-state index in [-0.39, 0.29) is 5.75 Å². The molecule has 20 heavy (non-hydrogen) atoms. The standard InChI is InChI=1S/C13H19N3O3S/c17-20(18,15-13-2-1-3-14-6-13)5-4-16-7-11-9-19-10-12(11)8-16/h1-3,6,11-12,15H,4-5,7-10H2. The fourth-order valence-corrected chi connectivity index (χ4v) is 3.95. The van der Waals surface area contributed by atoms with Crippen molar-refractivity contribution in [2.75, 3.05) is 43.3 Å². The first kappa shape index (κ1) is 13.8. The Bertz CT molecular complexity index is 537. The van der Waals surface area contributed by atoms with Gasteiger partial charge >= 0.3 is 0 Å². The molecule has 7 heteroatoms. The van der Waals surface area contributed by atoms with Crippen LogP contribution in [0.1, 0.15) is 0 Å². The molecule has 0 bridgehead atoms. The van der Waals surface area contributed by atoms with E-state index >= 15 is 0 Å². The number of nitrogens with zero attached hydrogens (tertiary/aromatic N) is 2. The quantitative estimate of drug-likeness (QED) is 0.852. The zero-order chi connectivity index (χ0) is 14.0. The van der Waals surface area contributed by atoms with E-state index in [9.17, 15) is 8.42 Å². The summed E-state index contributed by atoms with van der Waals surface area (Å²) in [5, 5.41) is 0. The van der Waals surface area contributed by atoms with Crippen LogP contribution < -0.4 is 4.72 Å². The lowest BCUT2D eigenvalue weighted by Crippen LogP contribution is -2.31. The van der Waals surface area contributed by atoms with Gasteiger partial charge in [-0.3, -0.25) is 9.71 Å². The second-order valence-electron chi connectivity index (χ2n) is 5.48. The third-order valence-electron chi connectivity index (χ3n) is 3.93. The molecule has 2 aliphatic heterocycles. The first-order valence-corrected chi connectivity index (χ1v) is 8.48. The van der Waals surface area contributed by atoms with Gasteiger partial charge in [-0.1, -0.05) is 0 Å². The SMILES string of the molecule is O=S(=O)(CCN1CC2COCC2C1)Nc1cccnc1. The van der Waals surface area contributed by atoms with Crippen molar-refractivity contribution in [3.63, 3.8) is 0 Å². The molecule has 1 aromatic rings. The summed E-state index contributed by atoms with van der Waals surface area (Å²) in [7, 11) is -3.31. The molecule has 2 fully saturated rings. The predicted octanol–water partition coefficient (Wildman–Crippen LogP) is 0.402. The number of hydrogen-bond donors (Lipinski definition) is 1. The van der Waals surface area contributed by atoms with Gasteiger partial charge in [0.05, 0.1) is 30.9 Å². The van der Waals surface area contributed by atoms with Gasteiger partial charge in [0.1, 0.15) is 0 Å². The van der Waals surface area contributed by atoms with Crippen LogP contribution in [0.25, 0.3) is 0 Å². The van der Waals surface area contributed by atoms with Gasteiger partial charge in [-0.25, -0.2) is 8.42 Å². The number of anilines is 1. The Kier molecular flexibility index (Phi) is 3.91. The van der Waals surface area contributed by atoms with E-state index in [1.54, 1.807) is 18.3 Å². The molecule has 1 N–H and O–H groups in total. The molecule has 3 heterocycles. The highest BCUT2D eigenvalue weighted by Gasteiger charge is 2.37. The Morgan fingerprint density at radius 3 is 2.75 bits per heavy atom. The third kappa shape index (κ3) is 3.28. The number of sulfonamides is 1. The van der Waals surface area contributed by atoms with E-state index in [4.69, 9.17) is 4.74 Å².